The minimum absolute atomic E-state index is 0.0959. The van der Waals surface area contributed by atoms with Crippen molar-refractivity contribution in [3.8, 4) is 0 Å². The van der Waals surface area contributed by atoms with Crippen molar-refractivity contribution < 1.29 is 58.9 Å². The highest BCUT2D eigenvalue weighted by Crippen LogP contribution is 2.56. The molecule has 0 aliphatic heterocycles. The van der Waals surface area contributed by atoms with Gasteiger partial charge in [0.05, 0.1) is 7.11 Å². The Labute approximate surface area is 116 Å². The second-order valence-electron chi connectivity index (χ2n) is 3.96. The van der Waals surface area contributed by atoms with Crippen LogP contribution in [-0.2, 0) is 14.3 Å². The van der Waals surface area contributed by atoms with E-state index in [1.807, 2.05) is 0 Å². The molecule has 0 spiro atoms. The van der Waals surface area contributed by atoms with Gasteiger partial charge in [-0.05, 0) is 0 Å². The Kier molecular flexibility index (Phi) is 5.43. The zero-order valence-electron chi connectivity index (χ0n) is 10.8. The van der Waals surface area contributed by atoms with Crippen LogP contribution in [0.15, 0.2) is 0 Å². The number of aliphatic hydroxyl groups is 1. The zero-order valence-corrected chi connectivity index (χ0v) is 10.8. The van der Waals surface area contributed by atoms with E-state index in [2.05, 4.69) is 9.47 Å². The first kappa shape index (κ1) is 20.8. The van der Waals surface area contributed by atoms with Gasteiger partial charge in [0.2, 0.25) is 5.79 Å². The van der Waals surface area contributed by atoms with Gasteiger partial charge in [-0.1, -0.05) is 0 Å². The number of halogens is 9. The molecule has 1 N–H and O–H groups in total. The predicted molar refractivity (Wildman–Crippen MR) is 49.5 cm³/mol. The van der Waals surface area contributed by atoms with Crippen LogP contribution in [0.5, 0.6) is 0 Å². The predicted octanol–water partition coefficient (Wildman–Crippen LogP) is 2.35. The second-order valence-corrected chi connectivity index (χ2v) is 3.96. The number of esters is 1. The van der Waals surface area contributed by atoms with E-state index in [9.17, 15) is 44.3 Å². The highest BCUT2D eigenvalue weighted by Gasteiger charge is 2.86. The third-order valence-electron chi connectivity index (χ3n) is 2.58. The third kappa shape index (κ3) is 2.95. The Morgan fingerprint density at radius 3 is 1.55 bits per heavy atom. The van der Waals surface area contributed by atoms with E-state index in [4.69, 9.17) is 5.11 Å². The fourth-order valence-corrected chi connectivity index (χ4v) is 1.20. The minimum Gasteiger partial charge on any atom is -0.469 e. The Morgan fingerprint density at radius 2 is 1.27 bits per heavy atom. The first-order chi connectivity index (χ1) is 9.52. The molecule has 0 aromatic carbocycles. The summed E-state index contributed by atoms with van der Waals surface area (Å²) in [4.78, 5) is 10.8. The molecule has 0 radical (unpaired) electrons. The number of rotatable bonds is 6. The molecule has 0 saturated carbocycles. The van der Waals surface area contributed by atoms with Crippen LogP contribution >= 0.6 is 0 Å². The molecule has 0 aromatic heterocycles. The minimum atomic E-state index is -7.22. The fraction of sp³-hybridized carbons (Fsp3) is 0.889. The van der Waals surface area contributed by atoms with Crippen LogP contribution in [-0.4, -0.2) is 55.0 Å². The molecule has 1 atom stereocenters. The Morgan fingerprint density at radius 1 is 0.864 bits per heavy atom. The molecular weight excluding hydrogens is 343 g/mol. The first-order valence-corrected chi connectivity index (χ1v) is 5.06. The van der Waals surface area contributed by atoms with Gasteiger partial charge in [-0.2, -0.15) is 39.5 Å². The summed E-state index contributed by atoms with van der Waals surface area (Å²) < 4.78 is 121. The maximum Gasteiger partial charge on any atom is 0.460 e. The average Bonchev–Trinajstić information content (AvgIpc) is 2.36. The normalized spacial score (nSPS) is 17.1. The van der Waals surface area contributed by atoms with Gasteiger partial charge in [0.25, 0.3) is 0 Å². The number of hydrogen-bond donors (Lipinski definition) is 1. The van der Waals surface area contributed by atoms with Gasteiger partial charge >= 0.3 is 29.9 Å². The SMILES string of the molecule is COC(=O)CC(O)(OC)C(F)(F)C(F)(F)C(F)(F)C(F)(F)F. The molecule has 0 rings (SSSR count). The van der Waals surface area contributed by atoms with E-state index in [1.54, 1.807) is 0 Å². The van der Waals surface area contributed by atoms with Crippen LogP contribution in [0.25, 0.3) is 0 Å². The van der Waals surface area contributed by atoms with Crippen LogP contribution in [0.3, 0.4) is 0 Å². The van der Waals surface area contributed by atoms with E-state index in [1.165, 1.54) is 0 Å². The number of carbonyl (C=O) groups is 1. The lowest BCUT2D eigenvalue weighted by atomic mass is 9.94. The smallest absolute Gasteiger partial charge is 0.460 e. The Hall–Kier alpha value is -1.24. The lowest BCUT2D eigenvalue weighted by Crippen LogP contribution is -2.69. The Balaban J connectivity index is 6.01. The molecule has 0 heterocycles. The van der Waals surface area contributed by atoms with Crippen molar-refractivity contribution in [1.82, 2.24) is 0 Å². The van der Waals surface area contributed by atoms with E-state index < -0.39 is 42.1 Å². The molecular formula is C9H9F9O4. The largest absolute Gasteiger partial charge is 0.469 e. The number of ether oxygens (including phenoxy) is 2. The maximum absolute atomic E-state index is 13.5. The van der Waals surface area contributed by atoms with Gasteiger partial charge in [-0.3, -0.25) is 4.79 Å². The Bertz CT molecular complexity index is 420. The highest BCUT2D eigenvalue weighted by molar-refractivity contribution is 5.70. The summed E-state index contributed by atoms with van der Waals surface area (Å²) in [5.41, 5.74) is 0. The van der Waals surface area contributed by atoms with Gasteiger partial charge in [0.15, 0.2) is 0 Å². The summed E-state index contributed by atoms with van der Waals surface area (Å²) in [6, 6.07) is 0. The van der Waals surface area contributed by atoms with E-state index in [0.29, 0.717) is 7.11 Å². The zero-order chi connectivity index (χ0) is 18.2. The molecule has 0 aliphatic carbocycles. The number of hydrogen-bond acceptors (Lipinski definition) is 4. The summed E-state index contributed by atoms with van der Waals surface area (Å²) in [7, 11) is 0.650. The van der Waals surface area contributed by atoms with E-state index in [0.717, 1.165) is 0 Å². The summed E-state index contributed by atoms with van der Waals surface area (Å²) in [6.07, 6.45) is -9.18. The number of carbonyl (C=O) groups excluding carboxylic acids is 1. The van der Waals surface area contributed by atoms with Crippen molar-refractivity contribution in [2.45, 2.75) is 36.2 Å². The maximum atomic E-state index is 13.5. The fourth-order valence-electron chi connectivity index (χ4n) is 1.20. The lowest BCUT2D eigenvalue weighted by Gasteiger charge is -2.40. The molecule has 0 aliphatic rings. The van der Waals surface area contributed by atoms with E-state index in [-0.39, 0.29) is 7.11 Å². The average molecular weight is 352 g/mol. The van der Waals surface area contributed by atoms with Gasteiger partial charge in [0, 0.05) is 7.11 Å². The molecule has 0 fully saturated rings. The van der Waals surface area contributed by atoms with Crippen molar-refractivity contribution in [3.05, 3.63) is 0 Å². The van der Waals surface area contributed by atoms with Crippen molar-refractivity contribution in [2.75, 3.05) is 14.2 Å². The monoisotopic (exact) mass is 352 g/mol. The molecule has 0 bridgehead atoms. The molecule has 13 heteroatoms. The summed E-state index contributed by atoms with van der Waals surface area (Å²) >= 11 is 0. The lowest BCUT2D eigenvalue weighted by molar-refractivity contribution is -0.442. The second kappa shape index (κ2) is 5.76. The molecule has 1 unspecified atom stereocenters. The molecule has 0 saturated heterocycles. The number of methoxy groups -OCH3 is 2. The topological polar surface area (TPSA) is 55.8 Å². The van der Waals surface area contributed by atoms with Crippen molar-refractivity contribution in [1.29, 1.82) is 0 Å². The summed E-state index contributed by atoms with van der Waals surface area (Å²) in [5.74, 6) is -27.3. The summed E-state index contributed by atoms with van der Waals surface area (Å²) in [5, 5.41) is 9.16. The molecule has 0 aromatic rings. The van der Waals surface area contributed by atoms with Crippen LogP contribution in [0, 0.1) is 0 Å². The standard InChI is InChI=1S/C9H9F9O4/c1-21-4(19)3-5(20,22-2)6(10,11)7(12,13)8(14,15)9(16,17)18/h20H,3H2,1-2H3. The van der Waals surface area contributed by atoms with Gasteiger partial charge in [0.1, 0.15) is 6.42 Å². The molecule has 132 valence electrons. The van der Waals surface area contributed by atoms with Gasteiger partial charge in [-0.25, -0.2) is 0 Å². The molecule has 0 amide bonds. The van der Waals surface area contributed by atoms with E-state index >= 15 is 0 Å². The third-order valence-corrected chi connectivity index (χ3v) is 2.58. The van der Waals surface area contributed by atoms with Crippen LogP contribution in [0.2, 0.25) is 0 Å². The van der Waals surface area contributed by atoms with Crippen molar-refractivity contribution in [3.63, 3.8) is 0 Å². The molecule has 22 heavy (non-hydrogen) atoms. The quantitative estimate of drug-likeness (QED) is 0.453. The highest BCUT2D eigenvalue weighted by atomic mass is 19.4. The summed E-state index contributed by atoms with van der Waals surface area (Å²) in [6.45, 7) is 0. The van der Waals surface area contributed by atoms with Gasteiger partial charge in [-0.15, -0.1) is 0 Å². The van der Waals surface area contributed by atoms with Crippen LogP contribution in [0.1, 0.15) is 6.42 Å². The number of alkyl halides is 9. The van der Waals surface area contributed by atoms with Crippen molar-refractivity contribution >= 4 is 5.97 Å². The van der Waals surface area contributed by atoms with Gasteiger partial charge < -0.3 is 14.6 Å². The first-order valence-electron chi connectivity index (χ1n) is 5.06. The molecule has 4 nitrogen and oxygen atoms in total. The van der Waals surface area contributed by atoms with Crippen LogP contribution in [0.4, 0.5) is 39.5 Å². The van der Waals surface area contributed by atoms with Crippen molar-refractivity contribution in [2.24, 2.45) is 0 Å². The van der Waals surface area contributed by atoms with Crippen LogP contribution < -0.4 is 0 Å².